The largest absolute Gasteiger partial charge is 0.492 e. The summed E-state index contributed by atoms with van der Waals surface area (Å²) in [6.07, 6.45) is 0. The molecule has 0 unspecified atom stereocenters. The number of hydrogen-bond acceptors (Lipinski definition) is 4. The van der Waals surface area contributed by atoms with Gasteiger partial charge in [-0.05, 0) is 24.3 Å². The quantitative estimate of drug-likeness (QED) is 0.680. The maximum atomic E-state index is 10.9. The minimum absolute atomic E-state index is 0.321. The molecule has 1 heterocycles. The average molecular weight is 220 g/mol. The molecular weight excluding hydrogens is 208 g/mol. The standard InChI is InChI=1S/C10H12N4O2/c11-5-6-16-8-3-1-7(2-4-8)9-12-10(15)14-13-9/h1-4H,5-6,11H2,(H2,12,13,14,15). The van der Waals surface area contributed by atoms with Crippen LogP contribution in [0.5, 0.6) is 5.75 Å². The average Bonchev–Trinajstić information content (AvgIpc) is 2.74. The van der Waals surface area contributed by atoms with Crippen molar-refractivity contribution in [2.45, 2.75) is 0 Å². The zero-order chi connectivity index (χ0) is 11.4. The van der Waals surface area contributed by atoms with Gasteiger partial charge in [-0.25, -0.2) is 9.89 Å². The number of aromatic nitrogens is 3. The van der Waals surface area contributed by atoms with Crippen LogP contribution >= 0.6 is 0 Å². The minimum atomic E-state index is -0.321. The highest BCUT2D eigenvalue weighted by molar-refractivity contribution is 5.55. The Bertz CT molecular complexity index is 500. The van der Waals surface area contributed by atoms with Gasteiger partial charge in [0.05, 0.1) is 0 Å². The lowest BCUT2D eigenvalue weighted by Crippen LogP contribution is -2.10. The lowest BCUT2D eigenvalue weighted by atomic mass is 10.2. The first kappa shape index (κ1) is 10.4. The third kappa shape index (κ3) is 2.29. The molecule has 0 saturated carbocycles. The maximum Gasteiger partial charge on any atom is 0.340 e. The van der Waals surface area contributed by atoms with Crippen LogP contribution in [0.25, 0.3) is 11.4 Å². The van der Waals surface area contributed by atoms with Crippen molar-refractivity contribution in [2.75, 3.05) is 13.2 Å². The summed E-state index contributed by atoms with van der Waals surface area (Å²) in [4.78, 5) is 13.4. The number of ether oxygens (including phenoxy) is 1. The Balaban J connectivity index is 2.16. The molecular formula is C10H12N4O2. The SMILES string of the molecule is NCCOc1ccc(-c2n[nH]c(=O)[nH]2)cc1. The van der Waals surface area contributed by atoms with E-state index in [-0.39, 0.29) is 5.69 Å². The fraction of sp³-hybridized carbons (Fsp3) is 0.200. The molecule has 2 aromatic rings. The summed E-state index contributed by atoms with van der Waals surface area (Å²) >= 11 is 0. The van der Waals surface area contributed by atoms with E-state index >= 15 is 0 Å². The Kier molecular flexibility index (Phi) is 3.02. The van der Waals surface area contributed by atoms with Crippen LogP contribution in [0.3, 0.4) is 0 Å². The summed E-state index contributed by atoms with van der Waals surface area (Å²) in [6, 6.07) is 7.24. The van der Waals surface area contributed by atoms with Crippen LogP contribution in [0.2, 0.25) is 0 Å². The number of benzene rings is 1. The summed E-state index contributed by atoms with van der Waals surface area (Å²) in [5.74, 6) is 1.25. The van der Waals surface area contributed by atoms with Gasteiger partial charge in [0.1, 0.15) is 12.4 Å². The van der Waals surface area contributed by atoms with E-state index < -0.39 is 0 Å². The van der Waals surface area contributed by atoms with Crippen LogP contribution in [0.4, 0.5) is 0 Å². The van der Waals surface area contributed by atoms with Crippen LogP contribution in [0, 0.1) is 0 Å². The molecule has 0 spiro atoms. The normalized spacial score (nSPS) is 10.3. The molecule has 0 bridgehead atoms. The summed E-state index contributed by atoms with van der Waals surface area (Å²) in [7, 11) is 0. The Hall–Kier alpha value is -2.08. The Morgan fingerprint density at radius 3 is 2.62 bits per heavy atom. The predicted octanol–water partition coefficient (Wildman–Crippen LogP) is 0.102. The molecule has 0 radical (unpaired) electrons. The molecule has 0 fully saturated rings. The number of aromatic amines is 2. The van der Waals surface area contributed by atoms with Crippen LogP contribution in [0.1, 0.15) is 0 Å². The van der Waals surface area contributed by atoms with E-state index in [4.69, 9.17) is 10.5 Å². The summed E-state index contributed by atoms with van der Waals surface area (Å²) < 4.78 is 5.33. The Labute approximate surface area is 91.5 Å². The van der Waals surface area contributed by atoms with Gasteiger partial charge < -0.3 is 10.5 Å². The molecule has 6 heteroatoms. The summed E-state index contributed by atoms with van der Waals surface area (Å²) in [5, 5.41) is 6.13. The lowest BCUT2D eigenvalue weighted by molar-refractivity contribution is 0.328. The fourth-order valence-corrected chi connectivity index (χ4v) is 1.29. The first-order valence-corrected chi connectivity index (χ1v) is 4.87. The van der Waals surface area contributed by atoms with Gasteiger partial charge in [-0.3, -0.25) is 4.98 Å². The summed E-state index contributed by atoms with van der Waals surface area (Å²) in [5.41, 5.74) is 5.82. The number of H-pyrrole nitrogens is 2. The number of rotatable bonds is 4. The molecule has 84 valence electrons. The molecule has 0 saturated heterocycles. The molecule has 0 aliphatic rings. The van der Waals surface area contributed by atoms with Gasteiger partial charge in [0, 0.05) is 12.1 Å². The molecule has 16 heavy (non-hydrogen) atoms. The second-order valence-electron chi connectivity index (χ2n) is 3.19. The highest BCUT2D eigenvalue weighted by Gasteiger charge is 2.02. The monoisotopic (exact) mass is 220 g/mol. The van der Waals surface area contributed by atoms with Crippen molar-refractivity contribution in [3.63, 3.8) is 0 Å². The first-order chi connectivity index (χ1) is 7.79. The van der Waals surface area contributed by atoms with Gasteiger partial charge in [0.15, 0.2) is 5.82 Å². The van der Waals surface area contributed by atoms with Gasteiger partial charge in [-0.15, -0.1) is 0 Å². The van der Waals surface area contributed by atoms with Crippen molar-refractivity contribution >= 4 is 0 Å². The van der Waals surface area contributed by atoms with Crippen molar-refractivity contribution in [3.8, 4) is 17.1 Å². The topological polar surface area (TPSA) is 96.8 Å². The van der Waals surface area contributed by atoms with Crippen LogP contribution < -0.4 is 16.2 Å². The molecule has 4 N–H and O–H groups in total. The number of nitrogens with two attached hydrogens (primary N) is 1. The smallest absolute Gasteiger partial charge is 0.340 e. The van der Waals surface area contributed by atoms with Crippen molar-refractivity contribution < 1.29 is 4.74 Å². The molecule has 2 rings (SSSR count). The van der Waals surface area contributed by atoms with Gasteiger partial charge >= 0.3 is 5.69 Å². The highest BCUT2D eigenvalue weighted by Crippen LogP contribution is 2.17. The molecule has 0 aliphatic carbocycles. The molecule has 0 atom stereocenters. The highest BCUT2D eigenvalue weighted by atomic mass is 16.5. The van der Waals surface area contributed by atoms with Crippen LogP contribution in [-0.2, 0) is 0 Å². The van der Waals surface area contributed by atoms with E-state index in [1.54, 1.807) is 12.1 Å². The van der Waals surface area contributed by atoms with Crippen molar-refractivity contribution in [1.29, 1.82) is 0 Å². The lowest BCUT2D eigenvalue weighted by Gasteiger charge is -2.04. The molecule has 1 aromatic carbocycles. The Morgan fingerprint density at radius 1 is 1.31 bits per heavy atom. The molecule has 6 nitrogen and oxygen atoms in total. The van der Waals surface area contributed by atoms with Crippen molar-refractivity contribution in [1.82, 2.24) is 15.2 Å². The number of nitrogens with one attached hydrogen (secondary N) is 2. The predicted molar refractivity (Wildman–Crippen MR) is 59.2 cm³/mol. The van der Waals surface area contributed by atoms with Crippen LogP contribution in [0.15, 0.2) is 29.1 Å². The number of nitrogens with zero attached hydrogens (tertiary/aromatic N) is 1. The van der Waals surface area contributed by atoms with Crippen molar-refractivity contribution in [2.24, 2.45) is 5.73 Å². The van der Waals surface area contributed by atoms with Gasteiger partial charge in [0.25, 0.3) is 0 Å². The third-order valence-electron chi connectivity index (χ3n) is 2.02. The first-order valence-electron chi connectivity index (χ1n) is 4.87. The number of hydrogen-bond donors (Lipinski definition) is 3. The minimum Gasteiger partial charge on any atom is -0.492 e. The van der Waals surface area contributed by atoms with E-state index in [2.05, 4.69) is 15.2 Å². The van der Waals surface area contributed by atoms with E-state index in [0.717, 1.165) is 11.3 Å². The fourth-order valence-electron chi connectivity index (χ4n) is 1.29. The summed E-state index contributed by atoms with van der Waals surface area (Å²) in [6.45, 7) is 0.965. The Morgan fingerprint density at radius 2 is 2.06 bits per heavy atom. The van der Waals surface area contributed by atoms with Crippen molar-refractivity contribution in [3.05, 3.63) is 34.7 Å². The zero-order valence-corrected chi connectivity index (χ0v) is 8.56. The van der Waals surface area contributed by atoms with E-state index in [1.165, 1.54) is 0 Å². The van der Waals surface area contributed by atoms with E-state index in [0.29, 0.717) is 19.0 Å². The van der Waals surface area contributed by atoms with E-state index in [9.17, 15) is 4.79 Å². The van der Waals surface area contributed by atoms with Gasteiger partial charge in [0.2, 0.25) is 0 Å². The van der Waals surface area contributed by atoms with Gasteiger partial charge in [-0.1, -0.05) is 0 Å². The maximum absolute atomic E-state index is 10.9. The molecule has 1 aromatic heterocycles. The molecule has 0 aliphatic heterocycles. The second kappa shape index (κ2) is 4.63. The molecule has 0 amide bonds. The van der Waals surface area contributed by atoms with E-state index in [1.807, 2.05) is 12.1 Å². The third-order valence-corrected chi connectivity index (χ3v) is 2.02. The second-order valence-corrected chi connectivity index (χ2v) is 3.19. The zero-order valence-electron chi connectivity index (χ0n) is 8.56. The van der Waals surface area contributed by atoms with Gasteiger partial charge in [-0.2, -0.15) is 5.10 Å². The van der Waals surface area contributed by atoms with Crippen LogP contribution in [-0.4, -0.2) is 28.3 Å².